The van der Waals surface area contributed by atoms with Gasteiger partial charge in [-0.05, 0) is 31.2 Å². The van der Waals surface area contributed by atoms with Crippen LogP contribution in [0.2, 0.25) is 0 Å². The quantitative estimate of drug-likeness (QED) is 0.806. The molecule has 4 nitrogen and oxygen atoms in total. The van der Waals surface area contributed by atoms with Crippen LogP contribution >= 0.6 is 0 Å². The summed E-state index contributed by atoms with van der Waals surface area (Å²) in [5, 5.41) is 7.14. The number of rotatable bonds is 3. The van der Waals surface area contributed by atoms with Gasteiger partial charge in [-0.3, -0.25) is 4.79 Å². The molecule has 5 heteroatoms. The summed E-state index contributed by atoms with van der Waals surface area (Å²) in [4.78, 5) is 12.1. The molecular formula is C18H16FN3O. The number of nitrogens with zero attached hydrogens (tertiary/aromatic N) is 2. The van der Waals surface area contributed by atoms with Gasteiger partial charge < -0.3 is 5.32 Å². The summed E-state index contributed by atoms with van der Waals surface area (Å²) in [6.07, 6.45) is 1.65. The number of aryl methyl sites for hydroxylation is 1. The van der Waals surface area contributed by atoms with Crippen molar-refractivity contribution in [3.05, 3.63) is 71.7 Å². The molecule has 0 radical (unpaired) electrons. The first-order valence-corrected chi connectivity index (χ1v) is 7.23. The van der Waals surface area contributed by atoms with E-state index in [1.54, 1.807) is 30.1 Å². The number of hydrogen-bond donors (Lipinski definition) is 1. The molecule has 2 aromatic carbocycles. The molecule has 0 aliphatic carbocycles. The zero-order valence-corrected chi connectivity index (χ0v) is 12.9. The van der Waals surface area contributed by atoms with Crippen molar-refractivity contribution >= 4 is 5.91 Å². The van der Waals surface area contributed by atoms with Gasteiger partial charge in [0.15, 0.2) is 0 Å². The molecule has 0 fully saturated rings. The lowest BCUT2D eigenvalue weighted by atomic mass is 10.1. The van der Waals surface area contributed by atoms with Gasteiger partial charge in [0.25, 0.3) is 5.91 Å². The molecule has 1 N–H and O–H groups in total. The highest BCUT2D eigenvalue weighted by molar-refractivity contribution is 5.99. The smallest absolute Gasteiger partial charge is 0.254 e. The topological polar surface area (TPSA) is 46.9 Å². The maximum Gasteiger partial charge on any atom is 0.254 e. The van der Waals surface area contributed by atoms with Gasteiger partial charge in [0.2, 0.25) is 0 Å². The summed E-state index contributed by atoms with van der Waals surface area (Å²) in [7, 11) is 1.58. The molecule has 0 spiro atoms. The lowest BCUT2D eigenvalue weighted by molar-refractivity contribution is 0.0963. The molecule has 0 saturated carbocycles. The van der Waals surface area contributed by atoms with E-state index in [2.05, 4.69) is 10.4 Å². The summed E-state index contributed by atoms with van der Waals surface area (Å²) in [5.74, 6) is -0.528. The van der Waals surface area contributed by atoms with Gasteiger partial charge >= 0.3 is 0 Å². The van der Waals surface area contributed by atoms with Crippen LogP contribution in [0.1, 0.15) is 15.9 Å². The zero-order valence-electron chi connectivity index (χ0n) is 12.9. The normalized spacial score (nSPS) is 10.6. The highest BCUT2D eigenvalue weighted by Crippen LogP contribution is 2.24. The molecule has 0 aliphatic rings. The first-order chi connectivity index (χ1) is 11.1. The van der Waals surface area contributed by atoms with E-state index in [0.29, 0.717) is 16.9 Å². The number of benzene rings is 2. The molecule has 0 aliphatic heterocycles. The van der Waals surface area contributed by atoms with Crippen LogP contribution in [0.4, 0.5) is 4.39 Å². The van der Waals surface area contributed by atoms with Crippen molar-refractivity contribution in [1.82, 2.24) is 15.1 Å². The number of hydrogen-bond acceptors (Lipinski definition) is 2. The summed E-state index contributed by atoms with van der Waals surface area (Å²) in [5.41, 5.74) is 3.74. The highest BCUT2D eigenvalue weighted by Gasteiger charge is 2.17. The van der Waals surface area contributed by atoms with Crippen molar-refractivity contribution in [2.75, 3.05) is 7.05 Å². The fourth-order valence-electron chi connectivity index (χ4n) is 2.33. The second-order valence-corrected chi connectivity index (χ2v) is 5.26. The van der Waals surface area contributed by atoms with E-state index in [1.807, 2.05) is 31.2 Å². The predicted octanol–water partition coefficient (Wildman–Crippen LogP) is 3.35. The molecule has 0 saturated heterocycles. The molecule has 1 aromatic heterocycles. The molecule has 1 amide bonds. The van der Waals surface area contributed by atoms with Crippen LogP contribution in [0.15, 0.2) is 54.7 Å². The Kier molecular flexibility index (Phi) is 3.93. The Morgan fingerprint density at radius 1 is 1.09 bits per heavy atom. The van der Waals surface area contributed by atoms with Gasteiger partial charge in [-0.25, -0.2) is 9.07 Å². The van der Waals surface area contributed by atoms with Crippen LogP contribution in [-0.4, -0.2) is 22.7 Å². The Bertz CT molecular complexity index is 836. The highest BCUT2D eigenvalue weighted by atomic mass is 19.1. The minimum Gasteiger partial charge on any atom is -0.355 e. The predicted molar refractivity (Wildman–Crippen MR) is 87.1 cm³/mol. The summed E-state index contributed by atoms with van der Waals surface area (Å²) < 4.78 is 14.7. The standard InChI is InChI=1S/C18H16FN3O/c1-12-3-5-13(6-4-12)17-16(18(23)20-2)11-22(21-17)15-9-7-14(19)8-10-15/h3-11H,1-2H3,(H,20,23). The average molecular weight is 309 g/mol. The molecule has 116 valence electrons. The van der Waals surface area contributed by atoms with Crippen molar-refractivity contribution in [1.29, 1.82) is 0 Å². The first kappa shape index (κ1) is 15.0. The Morgan fingerprint density at radius 3 is 2.35 bits per heavy atom. The van der Waals surface area contributed by atoms with Crippen LogP contribution in [0.3, 0.4) is 0 Å². The van der Waals surface area contributed by atoms with Crippen LogP contribution < -0.4 is 5.32 Å². The monoisotopic (exact) mass is 309 g/mol. The van der Waals surface area contributed by atoms with Crippen LogP contribution in [0.25, 0.3) is 16.9 Å². The molecule has 3 rings (SSSR count). The lowest BCUT2D eigenvalue weighted by Gasteiger charge is -2.02. The van der Waals surface area contributed by atoms with E-state index in [9.17, 15) is 9.18 Å². The minimum atomic E-state index is -0.314. The third-order valence-corrected chi connectivity index (χ3v) is 3.60. The lowest BCUT2D eigenvalue weighted by Crippen LogP contribution is -2.17. The van der Waals surface area contributed by atoms with E-state index in [0.717, 1.165) is 11.1 Å². The molecule has 1 heterocycles. The fourth-order valence-corrected chi connectivity index (χ4v) is 2.33. The third-order valence-electron chi connectivity index (χ3n) is 3.60. The molecule has 3 aromatic rings. The Labute approximate surface area is 133 Å². The van der Waals surface area contributed by atoms with Crippen LogP contribution in [0, 0.1) is 12.7 Å². The third kappa shape index (κ3) is 2.99. The van der Waals surface area contributed by atoms with Crippen molar-refractivity contribution in [2.24, 2.45) is 0 Å². The minimum absolute atomic E-state index is 0.214. The number of carbonyl (C=O) groups is 1. The van der Waals surface area contributed by atoms with Gasteiger partial charge in [0, 0.05) is 18.8 Å². The first-order valence-electron chi connectivity index (χ1n) is 7.23. The Balaban J connectivity index is 2.12. The number of amides is 1. The zero-order chi connectivity index (χ0) is 16.4. The van der Waals surface area contributed by atoms with Crippen molar-refractivity contribution in [3.63, 3.8) is 0 Å². The summed E-state index contributed by atoms with van der Waals surface area (Å²) >= 11 is 0. The largest absolute Gasteiger partial charge is 0.355 e. The fraction of sp³-hybridized carbons (Fsp3) is 0.111. The summed E-state index contributed by atoms with van der Waals surface area (Å²) in [6, 6.07) is 13.8. The number of halogens is 1. The Morgan fingerprint density at radius 2 is 1.74 bits per heavy atom. The van der Waals surface area contributed by atoms with E-state index < -0.39 is 0 Å². The average Bonchev–Trinajstić information content (AvgIpc) is 3.00. The summed E-state index contributed by atoms with van der Waals surface area (Å²) in [6.45, 7) is 2.00. The van der Waals surface area contributed by atoms with Crippen molar-refractivity contribution < 1.29 is 9.18 Å². The molecule has 0 unspecified atom stereocenters. The second-order valence-electron chi connectivity index (χ2n) is 5.26. The molecule has 0 atom stereocenters. The molecular weight excluding hydrogens is 293 g/mol. The molecule has 0 bridgehead atoms. The van der Waals surface area contributed by atoms with Gasteiger partial charge in [-0.1, -0.05) is 29.8 Å². The van der Waals surface area contributed by atoms with Gasteiger partial charge in [-0.15, -0.1) is 0 Å². The van der Waals surface area contributed by atoms with E-state index in [4.69, 9.17) is 0 Å². The van der Waals surface area contributed by atoms with Crippen molar-refractivity contribution in [3.8, 4) is 16.9 Å². The Hall–Kier alpha value is -2.95. The van der Waals surface area contributed by atoms with E-state index >= 15 is 0 Å². The van der Waals surface area contributed by atoms with Crippen LogP contribution in [0.5, 0.6) is 0 Å². The van der Waals surface area contributed by atoms with Gasteiger partial charge in [0.1, 0.15) is 11.5 Å². The number of aromatic nitrogens is 2. The maximum atomic E-state index is 13.1. The van der Waals surface area contributed by atoms with Crippen LogP contribution in [-0.2, 0) is 0 Å². The SMILES string of the molecule is CNC(=O)c1cn(-c2ccc(F)cc2)nc1-c1ccc(C)cc1. The van der Waals surface area contributed by atoms with E-state index in [1.165, 1.54) is 12.1 Å². The van der Waals surface area contributed by atoms with Gasteiger partial charge in [-0.2, -0.15) is 5.10 Å². The maximum absolute atomic E-state index is 13.1. The number of nitrogens with one attached hydrogen (secondary N) is 1. The van der Waals surface area contributed by atoms with Crippen molar-refractivity contribution in [2.45, 2.75) is 6.92 Å². The van der Waals surface area contributed by atoms with Gasteiger partial charge in [0.05, 0.1) is 11.3 Å². The second kappa shape index (κ2) is 6.04. The number of carbonyl (C=O) groups excluding carboxylic acids is 1. The molecule has 23 heavy (non-hydrogen) atoms. The van der Waals surface area contributed by atoms with E-state index in [-0.39, 0.29) is 11.7 Å².